The fourth-order valence-corrected chi connectivity index (χ4v) is 0.214. The number of carboxylic acid groups (broad SMARTS) is 1. The van der Waals surface area contributed by atoms with E-state index in [0.717, 1.165) is 6.42 Å². The Bertz CT molecular complexity index is 53.7. The molecule has 0 rings (SSSR count). The van der Waals surface area contributed by atoms with E-state index in [0.29, 0.717) is 6.42 Å². The van der Waals surface area contributed by atoms with Gasteiger partial charge in [-0.15, -0.1) is 0 Å². The van der Waals surface area contributed by atoms with Crippen LogP contribution < -0.4 is 0 Å². The average molecular weight is 152 g/mol. The molecule has 7 heavy (non-hydrogen) atoms. The van der Waals surface area contributed by atoms with Crippen LogP contribution in [-0.4, -0.2) is 11.1 Å². The van der Waals surface area contributed by atoms with Crippen LogP contribution >= 0.6 is 0 Å². The number of hydrogen-bond acceptors (Lipinski definition) is 1. The van der Waals surface area contributed by atoms with Crippen molar-refractivity contribution in [1.29, 1.82) is 0 Å². The van der Waals surface area contributed by atoms with Gasteiger partial charge in [-0.1, -0.05) is 6.92 Å². The second-order valence-corrected chi connectivity index (χ2v) is 1.14. The first-order valence-electron chi connectivity index (χ1n) is 1.99. The number of hydrogen-bond donors (Lipinski definition) is 1. The third-order valence-electron chi connectivity index (χ3n) is 0.464. The number of aliphatic carboxylic acids is 1. The van der Waals surface area contributed by atoms with Crippen molar-refractivity contribution in [3.05, 3.63) is 0 Å². The van der Waals surface area contributed by atoms with Gasteiger partial charge in [0.1, 0.15) is 0 Å². The van der Waals surface area contributed by atoms with Crippen molar-refractivity contribution in [3.63, 3.8) is 0 Å². The minimum atomic E-state index is -0.711. The second-order valence-electron chi connectivity index (χ2n) is 1.14. The molecule has 1 radical (unpaired) electrons. The normalized spacial score (nSPS) is 7.00. The van der Waals surface area contributed by atoms with Crippen molar-refractivity contribution >= 4 is 5.97 Å². The van der Waals surface area contributed by atoms with E-state index < -0.39 is 5.97 Å². The summed E-state index contributed by atoms with van der Waals surface area (Å²) in [5.41, 5.74) is 0. The van der Waals surface area contributed by atoms with E-state index in [1.54, 1.807) is 0 Å². The maximum atomic E-state index is 9.60. The Labute approximate surface area is 53.4 Å². The van der Waals surface area contributed by atoms with Crippen molar-refractivity contribution in [2.75, 3.05) is 0 Å². The van der Waals surface area contributed by atoms with Crippen molar-refractivity contribution in [2.45, 2.75) is 19.8 Å². The molecule has 0 aliphatic carbocycles. The molecular weight excluding hydrogens is 144 g/mol. The summed E-state index contributed by atoms with van der Waals surface area (Å²) in [5, 5.41) is 7.91. The van der Waals surface area contributed by atoms with Gasteiger partial charge < -0.3 is 5.11 Å². The molecule has 0 heterocycles. The minimum absolute atomic E-state index is 0. The molecule has 0 unspecified atom stereocenters. The summed E-state index contributed by atoms with van der Waals surface area (Å²) >= 11 is 0. The summed E-state index contributed by atoms with van der Waals surface area (Å²) in [7, 11) is 0. The van der Waals surface area contributed by atoms with Crippen molar-refractivity contribution in [1.82, 2.24) is 0 Å². The molecule has 0 spiro atoms. The Hall–Kier alpha value is -0.0105. The van der Waals surface area contributed by atoms with Crippen LogP contribution in [0.2, 0.25) is 0 Å². The third-order valence-corrected chi connectivity index (χ3v) is 0.464. The standard InChI is InChI=1S/C4H8O2.Cu/c1-2-3-4(5)6;/h2-3H2,1H3,(H,5,6);. The number of carbonyl (C=O) groups is 1. The third kappa shape index (κ3) is 10.7. The maximum Gasteiger partial charge on any atom is 0.303 e. The van der Waals surface area contributed by atoms with Crippen molar-refractivity contribution in [3.8, 4) is 0 Å². The predicted molar refractivity (Wildman–Crippen MR) is 22.5 cm³/mol. The van der Waals surface area contributed by atoms with E-state index in [2.05, 4.69) is 0 Å². The van der Waals surface area contributed by atoms with Gasteiger partial charge in [-0.05, 0) is 6.42 Å². The van der Waals surface area contributed by atoms with E-state index in [9.17, 15) is 4.79 Å². The Morgan fingerprint density at radius 1 is 1.71 bits per heavy atom. The number of carboxylic acids is 1. The summed E-state index contributed by atoms with van der Waals surface area (Å²) in [6.07, 6.45) is 1.02. The van der Waals surface area contributed by atoms with Gasteiger partial charge in [0.05, 0.1) is 0 Å². The Balaban J connectivity index is 0. The van der Waals surface area contributed by atoms with Gasteiger partial charge >= 0.3 is 5.97 Å². The Kier molecular flexibility index (Phi) is 8.62. The van der Waals surface area contributed by atoms with E-state index in [-0.39, 0.29) is 17.1 Å². The average Bonchev–Trinajstić information content (AvgIpc) is 1.35. The first-order valence-corrected chi connectivity index (χ1v) is 1.99. The molecule has 47 valence electrons. The first-order chi connectivity index (χ1) is 2.77. The van der Waals surface area contributed by atoms with Crippen LogP contribution in [0.3, 0.4) is 0 Å². The van der Waals surface area contributed by atoms with Gasteiger partial charge in [-0.25, -0.2) is 0 Å². The van der Waals surface area contributed by atoms with Crippen LogP contribution in [0, 0.1) is 0 Å². The summed E-state index contributed by atoms with van der Waals surface area (Å²) in [4.78, 5) is 9.60. The zero-order valence-corrected chi connectivity index (χ0v) is 5.01. The molecule has 0 saturated carbocycles. The van der Waals surface area contributed by atoms with Crippen LogP contribution in [0.4, 0.5) is 0 Å². The Morgan fingerprint density at radius 3 is 2.14 bits per heavy atom. The zero-order valence-electron chi connectivity index (χ0n) is 4.07. The molecule has 0 saturated heterocycles. The SMILES string of the molecule is CCCC(=O)O.[Cu]. The summed E-state index contributed by atoms with van der Waals surface area (Å²) < 4.78 is 0. The van der Waals surface area contributed by atoms with Crippen LogP contribution in [0.15, 0.2) is 0 Å². The molecule has 0 aromatic carbocycles. The van der Waals surface area contributed by atoms with E-state index in [4.69, 9.17) is 5.11 Å². The molecule has 0 atom stereocenters. The molecule has 0 aromatic heterocycles. The van der Waals surface area contributed by atoms with Crippen LogP contribution in [0.25, 0.3) is 0 Å². The molecule has 1 N–H and O–H groups in total. The predicted octanol–water partition coefficient (Wildman–Crippen LogP) is 0.869. The van der Waals surface area contributed by atoms with Gasteiger partial charge in [-0.3, -0.25) is 4.79 Å². The zero-order chi connectivity index (χ0) is 4.99. The number of rotatable bonds is 2. The molecular formula is C4H8CuO2. The Morgan fingerprint density at radius 2 is 2.14 bits per heavy atom. The molecule has 0 amide bonds. The van der Waals surface area contributed by atoms with Gasteiger partial charge in [0.15, 0.2) is 0 Å². The first kappa shape index (κ1) is 10.1. The van der Waals surface area contributed by atoms with Crippen molar-refractivity contribution in [2.24, 2.45) is 0 Å². The van der Waals surface area contributed by atoms with Crippen LogP contribution in [0.5, 0.6) is 0 Å². The van der Waals surface area contributed by atoms with Gasteiger partial charge in [-0.2, -0.15) is 0 Å². The van der Waals surface area contributed by atoms with Gasteiger partial charge in [0.2, 0.25) is 0 Å². The molecule has 0 aliphatic rings. The summed E-state index contributed by atoms with van der Waals surface area (Å²) in [5.74, 6) is -0.711. The molecule has 2 nitrogen and oxygen atoms in total. The maximum absolute atomic E-state index is 9.60. The molecule has 0 fully saturated rings. The molecule has 3 heteroatoms. The fraction of sp³-hybridized carbons (Fsp3) is 0.750. The van der Waals surface area contributed by atoms with E-state index in [1.165, 1.54) is 0 Å². The van der Waals surface area contributed by atoms with Crippen LogP contribution in [0.1, 0.15) is 19.8 Å². The quantitative estimate of drug-likeness (QED) is 0.595. The smallest absolute Gasteiger partial charge is 0.303 e. The molecule has 0 bridgehead atoms. The fourth-order valence-electron chi connectivity index (χ4n) is 0.214. The monoisotopic (exact) mass is 151 g/mol. The molecule has 0 aromatic rings. The molecule has 0 aliphatic heterocycles. The van der Waals surface area contributed by atoms with Crippen molar-refractivity contribution < 1.29 is 27.0 Å². The van der Waals surface area contributed by atoms with E-state index in [1.807, 2.05) is 6.92 Å². The minimum Gasteiger partial charge on any atom is -0.481 e. The van der Waals surface area contributed by atoms with Gasteiger partial charge in [0, 0.05) is 23.5 Å². The second kappa shape index (κ2) is 5.99. The topological polar surface area (TPSA) is 37.3 Å². The summed E-state index contributed by atoms with van der Waals surface area (Å²) in [6.45, 7) is 1.84. The van der Waals surface area contributed by atoms with Crippen LogP contribution in [-0.2, 0) is 21.9 Å². The van der Waals surface area contributed by atoms with E-state index >= 15 is 0 Å². The van der Waals surface area contributed by atoms with Gasteiger partial charge in [0.25, 0.3) is 0 Å². The summed E-state index contributed by atoms with van der Waals surface area (Å²) in [6, 6.07) is 0. The largest absolute Gasteiger partial charge is 0.481 e.